The Bertz CT molecular complexity index is 665. The predicted octanol–water partition coefficient (Wildman–Crippen LogP) is 2.06. The molecule has 0 N–H and O–H groups in total. The van der Waals surface area contributed by atoms with Crippen LogP contribution in [0.5, 0.6) is 0 Å². The minimum atomic E-state index is -0.383. The van der Waals surface area contributed by atoms with Crippen LogP contribution in [0.4, 0.5) is 0 Å². The molecule has 1 unspecified atom stereocenters. The van der Waals surface area contributed by atoms with E-state index >= 15 is 0 Å². The molecule has 0 aromatic carbocycles. The van der Waals surface area contributed by atoms with Crippen molar-refractivity contribution in [1.82, 2.24) is 19.5 Å². The molecule has 1 atom stereocenters. The molecule has 1 fully saturated rings. The van der Waals surface area contributed by atoms with Crippen molar-refractivity contribution in [3.8, 4) is 0 Å². The number of aromatic nitrogens is 3. The zero-order chi connectivity index (χ0) is 15.0. The number of hydrogen-bond donors (Lipinski definition) is 0. The molecule has 112 valence electrons. The van der Waals surface area contributed by atoms with E-state index in [1.54, 1.807) is 6.07 Å². The van der Waals surface area contributed by atoms with Gasteiger partial charge in [-0.2, -0.15) is 0 Å². The van der Waals surface area contributed by atoms with Gasteiger partial charge in [-0.3, -0.25) is 9.30 Å². The molecule has 0 aliphatic carbocycles. The minimum Gasteiger partial charge on any atom is -0.465 e. The van der Waals surface area contributed by atoms with Crippen LogP contribution >= 0.6 is 0 Å². The van der Waals surface area contributed by atoms with E-state index < -0.39 is 0 Å². The molecule has 1 aliphatic rings. The summed E-state index contributed by atoms with van der Waals surface area (Å²) < 4.78 is 6.72. The first kappa shape index (κ1) is 14.0. The van der Waals surface area contributed by atoms with Gasteiger partial charge in [-0.1, -0.05) is 0 Å². The molecule has 21 heavy (non-hydrogen) atoms. The summed E-state index contributed by atoms with van der Waals surface area (Å²) >= 11 is 0. The summed E-state index contributed by atoms with van der Waals surface area (Å²) in [5.41, 5.74) is 1.02. The lowest BCUT2D eigenvalue weighted by molar-refractivity contribution is 0.0602. The molecule has 1 aliphatic heterocycles. The second-order valence-corrected chi connectivity index (χ2v) is 5.65. The quantitative estimate of drug-likeness (QED) is 0.809. The van der Waals surface area contributed by atoms with E-state index in [9.17, 15) is 4.79 Å². The lowest BCUT2D eigenvalue weighted by atomic mass is 10.2. The third-order valence-electron chi connectivity index (χ3n) is 4.12. The van der Waals surface area contributed by atoms with Crippen molar-refractivity contribution >= 4 is 11.6 Å². The summed E-state index contributed by atoms with van der Waals surface area (Å²) in [5.74, 6) is 0.522. The van der Waals surface area contributed by atoms with Crippen LogP contribution in [0, 0.1) is 0 Å². The summed E-state index contributed by atoms with van der Waals surface area (Å²) in [6, 6.07) is 4.27. The van der Waals surface area contributed by atoms with Crippen LogP contribution in [0.3, 0.4) is 0 Å². The SMILES string of the molecule is COC(=O)c1cccn2c(C3CCCN3C(C)C)nnc12. The number of methoxy groups -OCH3 is 1. The molecule has 2 aromatic rings. The maximum absolute atomic E-state index is 11.8. The minimum absolute atomic E-state index is 0.257. The molecule has 0 amide bonds. The number of ether oxygens (including phenoxy) is 1. The zero-order valence-corrected chi connectivity index (χ0v) is 12.6. The van der Waals surface area contributed by atoms with E-state index in [1.807, 2.05) is 16.7 Å². The largest absolute Gasteiger partial charge is 0.465 e. The standard InChI is InChI=1S/C15H20N4O2/c1-10(2)18-8-5-7-12(18)14-17-16-13-11(15(20)21-3)6-4-9-19(13)14/h4,6,9-10,12H,5,7-8H2,1-3H3. The van der Waals surface area contributed by atoms with E-state index in [0.29, 0.717) is 17.3 Å². The van der Waals surface area contributed by atoms with Crippen LogP contribution in [0.15, 0.2) is 18.3 Å². The first-order valence-electron chi connectivity index (χ1n) is 7.31. The van der Waals surface area contributed by atoms with Gasteiger partial charge in [-0.15, -0.1) is 10.2 Å². The monoisotopic (exact) mass is 288 g/mol. The molecule has 0 spiro atoms. The van der Waals surface area contributed by atoms with Gasteiger partial charge in [0.1, 0.15) is 5.56 Å². The smallest absolute Gasteiger partial charge is 0.341 e. The van der Waals surface area contributed by atoms with Gasteiger partial charge in [-0.25, -0.2) is 4.79 Å². The number of carbonyl (C=O) groups is 1. The third kappa shape index (κ3) is 2.29. The first-order valence-corrected chi connectivity index (χ1v) is 7.31. The highest BCUT2D eigenvalue weighted by molar-refractivity contribution is 5.95. The van der Waals surface area contributed by atoms with Gasteiger partial charge < -0.3 is 4.74 Å². The van der Waals surface area contributed by atoms with Crippen molar-refractivity contribution in [1.29, 1.82) is 0 Å². The summed E-state index contributed by atoms with van der Waals surface area (Å²) in [4.78, 5) is 14.2. The Hall–Kier alpha value is -1.95. The van der Waals surface area contributed by atoms with Crippen LogP contribution in [-0.4, -0.2) is 45.2 Å². The van der Waals surface area contributed by atoms with Crippen LogP contribution in [-0.2, 0) is 4.74 Å². The Kier molecular flexibility index (Phi) is 3.63. The van der Waals surface area contributed by atoms with Crippen molar-refractivity contribution in [3.05, 3.63) is 29.7 Å². The number of hydrogen-bond acceptors (Lipinski definition) is 5. The van der Waals surface area contributed by atoms with E-state index in [4.69, 9.17) is 4.74 Å². The molecule has 0 saturated carbocycles. The van der Waals surface area contributed by atoms with Gasteiger partial charge in [-0.05, 0) is 45.4 Å². The van der Waals surface area contributed by atoms with Crippen LogP contribution in [0.1, 0.15) is 48.9 Å². The van der Waals surface area contributed by atoms with Gasteiger partial charge in [0.15, 0.2) is 11.5 Å². The number of carbonyl (C=O) groups excluding carboxylic acids is 1. The highest BCUT2D eigenvalue weighted by atomic mass is 16.5. The fourth-order valence-electron chi connectivity index (χ4n) is 3.11. The number of rotatable bonds is 3. The van der Waals surface area contributed by atoms with Gasteiger partial charge in [0.05, 0.1) is 13.2 Å². The Morgan fingerprint density at radius 1 is 1.43 bits per heavy atom. The van der Waals surface area contributed by atoms with E-state index in [0.717, 1.165) is 25.2 Å². The number of likely N-dealkylation sites (tertiary alicyclic amines) is 1. The number of fused-ring (bicyclic) bond motifs is 1. The molecular weight excluding hydrogens is 268 g/mol. The fourth-order valence-corrected chi connectivity index (χ4v) is 3.11. The normalized spacial score (nSPS) is 19.5. The van der Waals surface area contributed by atoms with Gasteiger partial charge >= 0.3 is 5.97 Å². The van der Waals surface area contributed by atoms with Crippen molar-refractivity contribution in [2.45, 2.75) is 38.8 Å². The Morgan fingerprint density at radius 3 is 2.95 bits per heavy atom. The number of pyridine rings is 1. The maximum Gasteiger partial charge on any atom is 0.341 e. The summed E-state index contributed by atoms with van der Waals surface area (Å²) in [6.07, 6.45) is 4.14. The zero-order valence-electron chi connectivity index (χ0n) is 12.6. The molecule has 1 saturated heterocycles. The Morgan fingerprint density at radius 2 is 2.24 bits per heavy atom. The topological polar surface area (TPSA) is 59.7 Å². The van der Waals surface area contributed by atoms with Gasteiger partial charge in [0, 0.05) is 12.2 Å². The predicted molar refractivity (Wildman–Crippen MR) is 78.1 cm³/mol. The third-order valence-corrected chi connectivity index (χ3v) is 4.12. The first-order chi connectivity index (χ1) is 10.1. The second kappa shape index (κ2) is 5.44. The van der Waals surface area contributed by atoms with E-state index in [2.05, 4.69) is 28.9 Å². The van der Waals surface area contributed by atoms with Crippen LogP contribution in [0.2, 0.25) is 0 Å². The van der Waals surface area contributed by atoms with Crippen molar-refractivity contribution in [2.24, 2.45) is 0 Å². The van der Waals surface area contributed by atoms with Crippen LogP contribution < -0.4 is 0 Å². The highest BCUT2D eigenvalue weighted by Crippen LogP contribution is 2.32. The van der Waals surface area contributed by atoms with E-state index in [1.165, 1.54) is 7.11 Å². The molecule has 3 rings (SSSR count). The van der Waals surface area contributed by atoms with Crippen molar-refractivity contribution in [3.63, 3.8) is 0 Å². The molecule has 2 aromatic heterocycles. The van der Waals surface area contributed by atoms with Gasteiger partial charge in [0.25, 0.3) is 0 Å². The molecule has 6 heteroatoms. The Balaban J connectivity index is 2.07. The number of esters is 1. The summed E-state index contributed by atoms with van der Waals surface area (Å²) in [6.45, 7) is 5.47. The molecule has 6 nitrogen and oxygen atoms in total. The Labute approximate surface area is 123 Å². The molecule has 0 radical (unpaired) electrons. The number of nitrogens with zero attached hydrogens (tertiary/aromatic N) is 4. The highest BCUT2D eigenvalue weighted by Gasteiger charge is 2.31. The summed E-state index contributed by atoms with van der Waals surface area (Å²) in [5, 5.41) is 8.56. The average Bonchev–Trinajstić information content (AvgIpc) is 3.11. The lowest BCUT2D eigenvalue weighted by Crippen LogP contribution is -2.31. The van der Waals surface area contributed by atoms with Crippen molar-refractivity contribution < 1.29 is 9.53 Å². The lowest BCUT2D eigenvalue weighted by Gasteiger charge is -2.26. The molecule has 3 heterocycles. The van der Waals surface area contributed by atoms with Crippen LogP contribution in [0.25, 0.3) is 5.65 Å². The average molecular weight is 288 g/mol. The fraction of sp³-hybridized carbons (Fsp3) is 0.533. The maximum atomic E-state index is 11.8. The summed E-state index contributed by atoms with van der Waals surface area (Å²) in [7, 11) is 1.38. The van der Waals surface area contributed by atoms with E-state index in [-0.39, 0.29) is 12.0 Å². The molecular formula is C15H20N4O2. The second-order valence-electron chi connectivity index (χ2n) is 5.65. The van der Waals surface area contributed by atoms with Gasteiger partial charge in [0.2, 0.25) is 0 Å². The molecule has 0 bridgehead atoms. The van der Waals surface area contributed by atoms with Crippen molar-refractivity contribution in [2.75, 3.05) is 13.7 Å².